The predicted molar refractivity (Wildman–Crippen MR) is 93.8 cm³/mol. The molecule has 1 saturated heterocycles. The maximum absolute atomic E-state index is 12.9. The summed E-state index contributed by atoms with van der Waals surface area (Å²) in [4.78, 5) is 36.3. The van der Waals surface area contributed by atoms with E-state index < -0.39 is 0 Å². The molecule has 4 heterocycles. The lowest BCUT2D eigenvalue weighted by Crippen LogP contribution is -2.40. The van der Waals surface area contributed by atoms with E-state index in [0.29, 0.717) is 31.9 Å². The van der Waals surface area contributed by atoms with Gasteiger partial charge >= 0.3 is 0 Å². The summed E-state index contributed by atoms with van der Waals surface area (Å²) in [5.41, 5.74) is 3.00. The van der Waals surface area contributed by atoms with Crippen LogP contribution in [-0.2, 0) is 29.1 Å². The number of imidazole rings is 1. The number of hydrogen-bond donors (Lipinski definition) is 1. The van der Waals surface area contributed by atoms with Crippen molar-refractivity contribution in [1.82, 2.24) is 19.8 Å². The second kappa shape index (κ2) is 6.29. The maximum Gasteiger partial charge on any atom is 0.231 e. The van der Waals surface area contributed by atoms with Crippen LogP contribution in [0.25, 0.3) is 0 Å². The standard InChI is InChI=1S/C19H20N4O4/c24-18-6-13(19(25)22-4-3-14-15(9-22)21-10-20-14)8-23(18)7-12-1-2-16-17(5-12)27-11-26-16/h1-2,5,10,13H,3-4,6-9,11H2,(H,20,21). The van der Waals surface area contributed by atoms with Crippen LogP contribution in [0.5, 0.6) is 11.5 Å². The van der Waals surface area contributed by atoms with Gasteiger partial charge in [-0.15, -0.1) is 0 Å². The van der Waals surface area contributed by atoms with Crippen LogP contribution in [0.2, 0.25) is 0 Å². The van der Waals surface area contributed by atoms with Crippen molar-refractivity contribution < 1.29 is 19.1 Å². The number of nitrogens with zero attached hydrogens (tertiary/aromatic N) is 3. The Bertz CT molecular complexity index is 909. The molecular formula is C19H20N4O4. The molecule has 5 rings (SSSR count). The Morgan fingerprint density at radius 2 is 2.19 bits per heavy atom. The molecule has 1 aromatic carbocycles. The molecule has 0 aliphatic carbocycles. The Kier molecular flexibility index (Phi) is 3.77. The highest BCUT2D eigenvalue weighted by Gasteiger charge is 2.37. The van der Waals surface area contributed by atoms with E-state index in [1.165, 1.54) is 0 Å². The predicted octanol–water partition coefficient (Wildman–Crippen LogP) is 1.07. The molecule has 0 saturated carbocycles. The van der Waals surface area contributed by atoms with E-state index in [9.17, 15) is 9.59 Å². The molecule has 3 aliphatic rings. The lowest BCUT2D eigenvalue weighted by Gasteiger charge is -2.28. The number of nitrogens with one attached hydrogen (secondary N) is 1. The summed E-state index contributed by atoms with van der Waals surface area (Å²) in [6, 6.07) is 5.69. The first kappa shape index (κ1) is 16.2. The number of likely N-dealkylation sites (tertiary alicyclic amines) is 1. The zero-order valence-corrected chi connectivity index (χ0v) is 14.8. The molecule has 0 radical (unpaired) electrons. The number of fused-ring (bicyclic) bond motifs is 2. The van der Waals surface area contributed by atoms with Crippen molar-refractivity contribution in [3.63, 3.8) is 0 Å². The van der Waals surface area contributed by atoms with Crippen LogP contribution in [0.1, 0.15) is 23.4 Å². The Morgan fingerprint density at radius 3 is 3.11 bits per heavy atom. The van der Waals surface area contributed by atoms with E-state index in [0.717, 1.165) is 29.1 Å². The lowest BCUT2D eigenvalue weighted by molar-refractivity contribution is -0.136. The lowest BCUT2D eigenvalue weighted by atomic mass is 10.0. The van der Waals surface area contributed by atoms with Gasteiger partial charge in [-0.2, -0.15) is 0 Å². The van der Waals surface area contributed by atoms with Crippen molar-refractivity contribution >= 4 is 11.8 Å². The average molecular weight is 368 g/mol. The molecule has 1 fully saturated rings. The first-order valence-corrected chi connectivity index (χ1v) is 9.13. The van der Waals surface area contributed by atoms with Gasteiger partial charge in [0.15, 0.2) is 11.5 Å². The second-order valence-corrected chi connectivity index (χ2v) is 7.20. The average Bonchev–Trinajstić information content (AvgIpc) is 3.40. The van der Waals surface area contributed by atoms with Crippen LogP contribution in [0.3, 0.4) is 0 Å². The first-order chi connectivity index (χ1) is 13.2. The topological polar surface area (TPSA) is 87.8 Å². The second-order valence-electron chi connectivity index (χ2n) is 7.20. The van der Waals surface area contributed by atoms with Crippen LogP contribution >= 0.6 is 0 Å². The van der Waals surface area contributed by atoms with Crippen molar-refractivity contribution in [2.75, 3.05) is 19.9 Å². The Balaban J connectivity index is 1.24. The third kappa shape index (κ3) is 2.90. The summed E-state index contributed by atoms with van der Waals surface area (Å²) in [6.07, 6.45) is 2.70. The SMILES string of the molecule is O=C1CC(C(=O)N2CCc3nc[nH]c3C2)CN1Cc1ccc2c(c1)OCO2. The molecule has 27 heavy (non-hydrogen) atoms. The minimum atomic E-state index is -0.281. The molecular weight excluding hydrogens is 348 g/mol. The summed E-state index contributed by atoms with van der Waals surface area (Å²) in [7, 11) is 0. The van der Waals surface area contributed by atoms with E-state index in [4.69, 9.17) is 9.47 Å². The van der Waals surface area contributed by atoms with Crippen molar-refractivity contribution in [3.8, 4) is 11.5 Å². The van der Waals surface area contributed by atoms with E-state index in [2.05, 4.69) is 9.97 Å². The zero-order chi connectivity index (χ0) is 18.4. The van der Waals surface area contributed by atoms with Crippen molar-refractivity contribution in [2.24, 2.45) is 5.92 Å². The van der Waals surface area contributed by atoms with Gasteiger partial charge < -0.3 is 24.3 Å². The van der Waals surface area contributed by atoms with Gasteiger partial charge in [0.1, 0.15) is 0 Å². The van der Waals surface area contributed by atoms with Gasteiger partial charge in [0.2, 0.25) is 18.6 Å². The molecule has 3 aliphatic heterocycles. The van der Waals surface area contributed by atoms with Crippen molar-refractivity contribution in [1.29, 1.82) is 0 Å². The minimum Gasteiger partial charge on any atom is -0.454 e. The summed E-state index contributed by atoms with van der Waals surface area (Å²) in [6.45, 7) is 2.36. The summed E-state index contributed by atoms with van der Waals surface area (Å²) >= 11 is 0. The van der Waals surface area contributed by atoms with Crippen molar-refractivity contribution in [3.05, 3.63) is 41.5 Å². The Hall–Kier alpha value is -3.03. The normalized spacial score (nSPS) is 20.9. The summed E-state index contributed by atoms with van der Waals surface area (Å²) < 4.78 is 10.7. The van der Waals surface area contributed by atoms with Crippen LogP contribution in [0.15, 0.2) is 24.5 Å². The number of hydrogen-bond acceptors (Lipinski definition) is 5. The number of carbonyl (C=O) groups excluding carboxylic acids is 2. The third-order valence-electron chi connectivity index (χ3n) is 5.46. The van der Waals surface area contributed by atoms with E-state index in [1.54, 1.807) is 11.2 Å². The molecule has 0 spiro atoms. The smallest absolute Gasteiger partial charge is 0.231 e. The van der Waals surface area contributed by atoms with Gasteiger partial charge in [0.25, 0.3) is 0 Å². The molecule has 0 bridgehead atoms. The fraction of sp³-hybridized carbons (Fsp3) is 0.421. The van der Waals surface area contributed by atoms with Crippen LogP contribution in [0, 0.1) is 5.92 Å². The number of amides is 2. The largest absolute Gasteiger partial charge is 0.454 e. The first-order valence-electron chi connectivity index (χ1n) is 9.13. The van der Waals surface area contributed by atoms with Gasteiger partial charge in [0.05, 0.1) is 30.2 Å². The Labute approximate surface area is 156 Å². The van der Waals surface area contributed by atoms with Gasteiger partial charge in [-0.1, -0.05) is 6.07 Å². The quantitative estimate of drug-likeness (QED) is 0.876. The fourth-order valence-corrected chi connectivity index (χ4v) is 4.01. The van der Waals surface area contributed by atoms with Crippen molar-refractivity contribution in [2.45, 2.75) is 25.9 Å². The van der Waals surface area contributed by atoms with Crippen LogP contribution in [-0.4, -0.2) is 51.5 Å². The number of aromatic amines is 1. The highest BCUT2D eigenvalue weighted by molar-refractivity contribution is 5.89. The number of benzene rings is 1. The van der Waals surface area contributed by atoms with E-state index in [-0.39, 0.29) is 30.9 Å². The fourth-order valence-electron chi connectivity index (χ4n) is 4.01. The summed E-state index contributed by atoms with van der Waals surface area (Å²) in [5.74, 6) is 1.22. The molecule has 2 amide bonds. The highest BCUT2D eigenvalue weighted by Crippen LogP contribution is 2.33. The van der Waals surface area contributed by atoms with Gasteiger partial charge in [-0.05, 0) is 17.7 Å². The summed E-state index contributed by atoms with van der Waals surface area (Å²) in [5, 5.41) is 0. The van der Waals surface area contributed by atoms with Gasteiger partial charge in [-0.3, -0.25) is 9.59 Å². The molecule has 1 aromatic heterocycles. The van der Waals surface area contributed by atoms with Crippen LogP contribution in [0.4, 0.5) is 0 Å². The zero-order valence-electron chi connectivity index (χ0n) is 14.8. The molecule has 1 N–H and O–H groups in total. The van der Waals surface area contributed by atoms with E-state index in [1.807, 2.05) is 23.1 Å². The van der Waals surface area contributed by atoms with E-state index >= 15 is 0 Å². The maximum atomic E-state index is 12.9. The molecule has 1 atom stereocenters. The monoisotopic (exact) mass is 368 g/mol. The number of aromatic nitrogens is 2. The minimum absolute atomic E-state index is 0.0188. The highest BCUT2D eigenvalue weighted by atomic mass is 16.7. The Morgan fingerprint density at radius 1 is 1.30 bits per heavy atom. The number of rotatable bonds is 3. The molecule has 1 unspecified atom stereocenters. The number of carbonyl (C=O) groups is 2. The number of ether oxygens (including phenoxy) is 2. The van der Waals surface area contributed by atoms with Gasteiger partial charge in [0, 0.05) is 32.5 Å². The third-order valence-corrected chi connectivity index (χ3v) is 5.46. The number of H-pyrrole nitrogens is 1. The molecule has 140 valence electrons. The molecule has 8 heteroatoms. The molecule has 8 nitrogen and oxygen atoms in total. The molecule has 2 aromatic rings. The van der Waals surface area contributed by atoms with Gasteiger partial charge in [-0.25, -0.2) is 4.98 Å². The van der Waals surface area contributed by atoms with Crippen LogP contribution < -0.4 is 9.47 Å².